The SMILES string of the molecule is CC/C=C\C/C=C\C/C=C\C/C=C\C/C=C\C/C=C\CCC(=O)NC(COP(=O)(O)OCC[N+](C)(C)C)C(O)/C=C/CC/C=C/CCCCCCCCCCCCCCCCCCCCCCCCCCCC. The largest absolute Gasteiger partial charge is 0.472 e. The molecule has 0 aliphatic rings. The molecule has 3 atom stereocenters. The third-order valence-electron chi connectivity index (χ3n) is 13.1. The van der Waals surface area contributed by atoms with Gasteiger partial charge in [0.2, 0.25) is 5.91 Å². The average molecular weight is 1040 g/mol. The van der Waals surface area contributed by atoms with Gasteiger partial charge >= 0.3 is 7.82 Å². The summed E-state index contributed by atoms with van der Waals surface area (Å²) in [5.74, 6) is -0.270. The Labute approximate surface area is 451 Å². The number of carbonyl (C=O) groups is 1. The van der Waals surface area contributed by atoms with E-state index < -0.39 is 20.0 Å². The second-order valence-electron chi connectivity index (χ2n) is 21.3. The molecule has 0 aromatic heterocycles. The predicted molar refractivity (Wildman–Crippen MR) is 318 cm³/mol. The highest BCUT2D eigenvalue weighted by molar-refractivity contribution is 7.47. The van der Waals surface area contributed by atoms with E-state index in [1.54, 1.807) is 6.08 Å². The highest BCUT2D eigenvalue weighted by atomic mass is 31.2. The van der Waals surface area contributed by atoms with Crippen LogP contribution < -0.4 is 5.32 Å². The van der Waals surface area contributed by atoms with Crippen molar-refractivity contribution in [3.8, 4) is 0 Å². The third kappa shape index (κ3) is 57.0. The number of unbranched alkanes of at least 4 members (excludes halogenated alkanes) is 27. The summed E-state index contributed by atoms with van der Waals surface area (Å²) in [6.07, 6.45) is 78.5. The maximum absolute atomic E-state index is 12.9. The monoisotopic (exact) mass is 1040 g/mol. The second-order valence-corrected chi connectivity index (χ2v) is 22.8. The van der Waals surface area contributed by atoms with Crippen molar-refractivity contribution in [3.63, 3.8) is 0 Å². The molecule has 0 aromatic carbocycles. The highest BCUT2D eigenvalue weighted by Gasteiger charge is 2.27. The molecular weight excluding hydrogens is 924 g/mol. The Kier molecular flexibility index (Phi) is 52.3. The van der Waals surface area contributed by atoms with Crippen molar-refractivity contribution in [2.75, 3.05) is 40.9 Å². The van der Waals surface area contributed by atoms with Gasteiger partial charge in [-0.2, -0.15) is 0 Å². The van der Waals surface area contributed by atoms with E-state index >= 15 is 0 Å². The van der Waals surface area contributed by atoms with Crippen molar-refractivity contribution in [3.05, 3.63) is 97.2 Å². The standard InChI is InChI=1S/C64H115N2O6P/c1-6-8-10-12-14-16-18-20-22-24-26-27-28-29-30-31-32-33-34-35-36-37-38-40-41-43-45-47-49-51-53-55-57-63(67)62(61-72-73(69,70)71-60-59-66(3,4)5)65-64(68)58-56-54-52-50-48-46-44-42-39-25-23-21-19-17-15-13-11-9-7-2/h9,11,15,17,21,23,39,42,46-49,52,54-55,57,62-63,67H,6-8,10,12-14,16,18-20,22,24-38,40-41,43-45,50-51,53,56,58-61H2,1-5H3,(H-,65,68,69,70)/p+1/b11-9-,17-15-,23-21-,42-39-,48-46-,49-47+,54-52-,57-55+. The van der Waals surface area contributed by atoms with Crippen LogP contribution in [0.25, 0.3) is 0 Å². The van der Waals surface area contributed by atoms with E-state index in [2.05, 4.69) is 92.1 Å². The number of nitrogens with one attached hydrogen (secondary N) is 1. The van der Waals surface area contributed by atoms with Crippen molar-refractivity contribution in [2.45, 2.75) is 264 Å². The number of likely N-dealkylation sites (N-methyl/N-ethyl adjacent to an activating group) is 1. The lowest BCUT2D eigenvalue weighted by molar-refractivity contribution is -0.870. The zero-order valence-electron chi connectivity index (χ0n) is 48.1. The van der Waals surface area contributed by atoms with Crippen molar-refractivity contribution >= 4 is 13.7 Å². The summed E-state index contributed by atoms with van der Waals surface area (Å²) in [6.45, 7) is 4.63. The maximum Gasteiger partial charge on any atom is 0.472 e. The highest BCUT2D eigenvalue weighted by Crippen LogP contribution is 2.43. The fourth-order valence-electron chi connectivity index (χ4n) is 8.38. The van der Waals surface area contributed by atoms with E-state index in [0.717, 1.165) is 57.8 Å². The number of nitrogens with zero attached hydrogens (tertiary/aromatic N) is 1. The molecule has 0 saturated carbocycles. The van der Waals surface area contributed by atoms with Gasteiger partial charge in [-0.05, 0) is 70.6 Å². The van der Waals surface area contributed by atoms with E-state index in [9.17, 15) is 19.4 Å². The molecule has 0 aliphatic heterocycles. The molecular formula is C64H116N2O6P+. The van der Waals surface area contributed by atoms with E-state index in [-0.39, 0.29) is 25.5 Å². The molecule has 0 heterocycles. The smallest absolute Gasteiger partial charge is 0.387 e. The average Bonchev–Trinajstić information content (AvgIpc) is 3.35. The van der Waals surface area contributed by atoms with Gasteiger partial charge in [0.05, 0.1) is 39.9 Å². The minimum absolute atomic E-state index is 0.0376. The lowest BCUT2D eigenvalue weighted by atomic mass is 10.0. The number of rotatable bonds is 54. The molecule has 0 aromatic rings. The van der Waals surface area contributed by atoms with Crippen molar-refractivity contribution in [1.29, 1.82) is 0 Å². The first-order valence-electron chi connectivity index (χ1n) is 30.1. The molecule has 422 valence electrons. The summed E-state index contributed by atoms with van der Waals surface area (Å²) >= 11 is 0. The first-order chi connectivity index (χ1) is 35.5. The van der Waals surface area contributed by atoms with Gasteiger partial charge in [-0.3, -0.25) is 13.8 Å². The van der Waals surface area contributed by atoms with Crippen LogP contribution in [0.5, 0.6) is 0 Å². The number of amides is 1. The Morgan fingerprint density at radius 3 is 1.25 bits per heavy atom. The van der Waals surface area contributed by atoms with Crippen LogP contribution in [0.1, 0.15) is 251 Å². The van der Waals surface area contributed by atoms with Gasteiger partial charge in [-0.15, -0.1) is 0 Å². The van der Waals surface area contributed by atoms with Crippen LogP contribution >= 0.6 is 7.82 Å². The lowest BCUT2D eigenvalue weighted by Crippen LogP contribution is -2.45. The summed E-state index contributed by atoms with van der Waals surface area (Å²) in [6, 6.07) is -0.912. The normalized spacial score (nSPS) is 14.6. The molecule has 0 saturated heterocycles. The summed E-state index contributed by atoms with van der Waals surface area (Å²) in [5.41, 5.74) is 0. The van der Waals surface area contributed by atoms with E-state index in [4.69, 9.17) is 9.05 Å². The number of hydrogen-bond donors (Lipinski definition) is 3. The molecule has 73 heavy (non-hydrogen) atoms. The van der Waals surface area contributed by atoms with Crippen LogP contribution in [0, 0.1) is 0 Å². The van der Waals surface area contributed by atoms with Crippen LogP contribution in [0.2, 0.25) is 0 Å². The molecule has 3 unspecified atom stereocenters. The van der Waals surface area contributed by atoms with Crippen LogP contribution in [-0.4, -0.2) is 73.4 Å². The van der Waals surface area contributed by atoms with Crippen molar-refractivity contribution in [2.24, 2.45) is 0 Å². The molecule has 1 amide bonds. The number of allylic oxidation sites excluding steroid dienone is 15. The van der Waals surface area contributed by atoms with Crippen LogP contribution in [-0.2, 0) is 18.4 Å². The van der Waals surface area contributed by atoms with Crippen molar-refractivity contribution in [1.82, 2.24) is 5.32 Å². The fourth-order valence-corrected chi connectivity index (χ4v) is 9.11. The number of phosphoric ester groups is 1. The summed E-state index contributed by atoms with van der Waals surface area (Å²) in [7, 11) is 1.50. The number of hydrogen-bond acceptors (Lipinski definition) is 5. The minimum atomic E-state index is -4.38. The molecule has 8 nitrogen and oxygen atoms in total. The quantitative estimate of drug-likeness (QED) is 0.0243. The van der Waals surface area contributed by atoms with Gasteiger partial charge in [0.1, 0.15) is 13.2 Å². The Morgan fingerprint density at radius 1 is 0.479 bits per heavy atom. The van der Waals surface area contributed by atoms with Crippen LogP contribution in [0.3, 0.4) is 0 Å². The number of phosphoric acid groups is 1. The molecule has 0 spiro atoms. The Bertz CT molecular complexity index is 1510. The first kappa shape index (κ1) is 70.4. The lowest BCUT2D eigenvalue weighted by Gasteiger charge is -2.25. The number of carbonyl (C=O) groups excluding carboxylic acids is 1. The van der Waals surface area contributed by atoms with Crippen molar-refractivity contribution < 1.29 is 32.9 Å². The topological polar surface area (TPSA) is 105 Å². The fraction of sp³-hybridized carbons (Fsp3) is 0.734. The molecule has 0 rings (SSSR count). The molecule has 0 aliphatic carbocycles. The van der Waals surface area contributed by atoms with Gasteiger partial charge in [0, 0.05) is 6.42 Å². The predicted octanol–water partition coefficient (Wildman–Crippen LogP) is 18.6. The Hall–Kier alpha value is -2.58. The molecule has 3 N–H and O–H groups in total. The zero-order chi connectivity index (χ0) is 53.5. The van der Waals surface area contributed by atoms with Crippen LogP contribution in [0.15, 0.2) is 97.2 Å². The van der Waals surface area contributed by atoms with Gasteiger partial charge in [-0.25, -0.2) is 4.57 Å². The molecule has 0 bridgehead atoms. The summed E-state index contributed by atoms with van der Waals surface area (Å²) in [5, 5.41) is 13.9. The zero-order valence-corrected chi connectivity index (χ0v) is 49.0. The second kappa shape index (κ2) is 54.2. The first-order valence-corrected chi connectivity index (χ1v) is 31.6. The number of quaternary nitrogens is 1. The molecule has 0 fully saturated rings. The summed E-state index contributed by atoms with van der Waals surface area (Å²) in [4.78, 5) is 23.2. The van der Waals surface area contributed by atoms with E-state index in [1.165, 1.54) is 167 Å². The Balaban J connectivity index is 4.25. The van der Waals surface area contributed by atoms with Gasteiger partial charge < -0.3 is 19.8 Å². The maximum atomic E-state index is 12.9. The molecule has 0 radical (unpaired) electrons. The molecule has 9 heteroatoms. The van der Waals surface area contributed by atoms with Gasteiger partial charge in [-0.1, -0.05) is 272 Å². The van der Waals surface area contributed by atoms with E-state index in [1.807, 2.05) is 39.4 Å². The van der Waals surface area contributed by atoms with Gasteiger partial charge in [0.15, 0.2) is 0 Å². The Morgan fingerprint density at radius 2 is 0.836 bits per heavy atom. The minimum Gasteiger partial charge on any atom is -0.387 e. The number of aliphatic hydroxyl groups is 1. The summed E-state index contributed by atoms with van der Waals surface area (Å²) < 4.78 is 23.6. The van der Waals surface area contributed by atoms with Gasteiger partial charge in [0.25, 0.3) is 0 Å². The van der Waals surface area contributed by atoms with E-state index in [0.29, 0.717) is 17.4 Å². The third-order valence-corrected chi connectivity index (χ3v) is 14.0. The van der Waals surface area contributed by atoms with Crippen LogP contribution in [0.4, 0.5) is 0 Å². The number of aliphatic hydroxyl groups excluding tert-OH is 1.